The van der Waals surface area contributed by atoms with Crippen molar-refractivity contribution in [3.8, 4) is 0 Å². The first-order valence-electron chi connectivity index (χ1n) is 10.8. The minimum Gasteiger partial charge on any atom is -0.356 e. The summed E-state index contributed by atoms with van der Waals surface area (Å²) < 4.78 is 0. The minimum absolute atomic E-state index is 0. The standard InChI is InChI=1S/C22H35ClN6O.HI/c1-18(15-27-10-8-26(3)9-11-27)14-25-22(24-2)29-13-12-28(21(30)17-29)16-19-4-6-20(23)7-5-19;/h4-7,18H,8-17H2,1-3H3,(H,24,25);1H. The number of hydrogen-bond donors (Lipinski definition) is 1. The summed E-state index contributed by atoms with van der Waals surface area (Å²) in [5.74, 6) is 1.47. The molecule has 31 heavy (non-hydrogen) atoms. The first-order chi connectivity index (χ1) is 14.4. The molecule has 7 nitrogen and oxygen atoms in total. The maximum atomic E-state index is 12.7. The molecule has 174 valence electrons. The molecule has 0 aliphatic carbocycles. The van der Waals surface area contributed by atoms with Gasteiger partial charge in [-0.2, -0.15) is 0 Å². The van der Waals surface area contributed by atoms with E-state index in [-0.39, 0.29) is 29.9 Å². The van der Waals surface area contributed by atoms with E-state index in [9.17, 15) is 4.79 Å². The van der Waals surface area contributed by atoms with Gasteiger partial charge in [-0.1, -0.05) is 30.7 Å². The fourth-order valence-electron chi connectivity index (χ4n) is 4.00. The number of likely N-dealkylation sites (N-methyl/N-ethyl adjacent to an activating group) is 1. The highest BCUT2D eigenvalue weighted by molar-refractivity contribution is 14.0. The van der Waals surface area contributed by atoms with Gasteiger partial charge >= 0.3 is 0 Å². The molecule has 1 unspecified atom stereocenters. The van der Waals surface area contributed by atoms with Crippen LogP contribution in [0.15, 0.2) is 29.3 Å². The van der Waals surface area contributed by atoms with E-state index in [1.54, 1.807) is 7.05 Å². The van der Waals surface area contributed by atoms with Gasteiger partial charge in [0.25, 0.3) is 0 Å². The Kier molecular flexibility index (Phi) is 10.8. The first kappa shape index (κ1) is 26.2. The van der Waals surface area contributed by atoms with E-state index >= 15 is 0 Å². The number of guanidine groups is 1. The largest absolute Gasteiger partial charge is 0.356 e. The summed E-state index contributed by atoms with van der Waals surface area (Å²) >= 11 is 5.95. The summed E-state index contributed by atoms with van der Waals surface area (Å²) in [6.07, 6.45) is 0. The number of hydrogen-bond acceptors (Lipinski definition) is 4. The highest BCUT2D eigenvalue weighted by atomic mass is 127. The molecule has 2 fully saturated rings. The van der Waals surface area contributed by atoms with Gasteiger partial charge in [-0.15, -0.1) is 24.0 Å². The second-order valence-electron chi connectivity index (χ2n) is 8.50. The zero-order valence-electron chi connectivity index (χ0n) is 18.9. The predicted molar refractivity (Wildman–Crippen MR) is 138 cm³/mol. The van der Waals surface area contributed by atoms with Crippen LogP contribution in [0.2, 0.25) is 5.02 Å². The fraction of sp³-hybridized carbons (Fsp3) is 0.636. The molecule has 0 spiro atoms. The summed E-state index contributed by atoms with van der Waals surface area (Å²) in [5, 5.41) is 4.20. The molecule has 3 rings (SSSR count). The van der Waals surface area contributed by atoms with Crippen LogP contribution in [0, 0.1) is 5.92 Å². The van der Waals surface area contributed by atoms with Crippen molar-refractivity contribution >= 4 is 47.4 Å². The number of halogens is 2. The van der Waals surface area contributed by atoms with Crippen LogP contribution in [0.3, 0.4) is 0 Å². The second-order valence-corrected chi connectivity index (χ2v) is 8.94. The van der Waals surface area contributed by atoms with Gasteiger partial charge in [-0.05, 0) is 30.7 Å². The summed E-state index contributed by atoms with van der Waals surface area (Å²) in [4.78, 5) is 26.0. The first-order valence-corrected chi connectivity index (χ1v) is 11.2. The van der Waals surface area contributed by atoms with Crippen LogP contribution >= 0.6 is 35.6 Å². The Labute approximate surface area is 208 Å². The highest BCUT2D eigenvalue weighted by Crippen LogP contribution is 2.14. The fourth-order valence-corrected chi connectivity index (χ4v) is 4.13. The maximum absolute atomic E-state index is 12.7. The van der Waals surface area contributed by atoms with Gasteiger partial charge in [0.2, 0.25) is 5.91 Å². The number of carbonyl (C=O) groups excluding carboxylic acids is 1. The van der Waals surface area contributed by atoms with Crippen LogP contribution in [0.4, 0.5) is 0 Å². The molecule has 1 aromatic rings. The number of nitrogens with zero attached hydrogens (tertiary/aromatic N) is 5. The summed E-state index contributed by atoms with van der Waals surface area (Å²) in [6, 6.07) is 7.69. The van der Waals surface area contributed by atoms with E-state index in [2.05, 4.69) is 39.0 Å². The van der Waals surface area contributed by atoms with E-state index in [0.29, 0.717) is 30.6 Å². The molecule has 1 atom stereocenters. The van der Waals surface area contributed by atoms with Gasteiger partial charge in [0, 0.05) is 71.0 Å². The molecule has 1 amide bonds. The number of piperazine rings is 2. The number of aliphatic imine (C=N–C) groups is 1. The maximum Gasteiger partial charge on any atom is 0.242 e. The lowest BCUT2D eigenvalue weighted by Gasteiger charge is -2.37. The normalized spacial score (nSPS) is 19.9. The molecular weight excluding hydrogens is 527 g/mol. The van der Waals surface area contributed by atoms with Crippen molar-refractivity contribution in [1.82, 2.24) is 24.9 Å². The third kappa shape index (κ3) is 8.07. The molecule has 2 aliphatic heterocycles. The average molecular weight is 563 g/mol. The Bertz CT molecular complexity index is 723. The van der Waals surface area contributed by atoms with Crippen LogP contribution < -0.4 is 5.32 Å². The Morgan fingerprint density at radius 1 is 1.13 bits per heavy atom. The van der Waals surface area contributed by atoms with Crippen molar-refractivity contribution in [3.63, 3.8) is 0 Å². The predicted octanol–water partition coefficient (Wildman–Crippen LogP) is 2.06. The minimum atomic E-state index is 0. The molecule has 2 heterocycles. The Morgan fingerprint density at radius 2 is 1.81 bits per heavy atom. The van der Waals surface area contributed by atoms with E-state index in [1.807, 2.05) is 29.2 Å². The number of amides is 1. The smallest absolute Gasteiger partial charge is 0.242 e. The van der Waals surface area contributed by atoms with Crippen LogP contribution in [-0.2, 0) is 11.3 Å². The molecule has 2 saturated heterocycles. The quantitative estimate of drug-likeness (QED) is 0.327. The van der Waals surface area contributed by atoms with E-state index in [4.69, 9.17) is 11.6 Å². The van der Waals surface area contributed by atoms with Gasteiger partial charge in [-0.25, -0.2) is 0 Å². The van der Waals surface area contributed by atoms with Gasteiger partial charge in [0.05, 0.1) is 6.54 Å². The highest BCUT2D eigenvalue weighted by Gasteiger charge is 2.26. The van der Waals surface area contributed by atoms with Crippen molar-refractivity contribution in [2.75, 3.05) is 73.0 Å². The summed E-state index contributed by atoms with van der Waals surface area (Å²) in [6.45, 7) is 11.2. The van der Waals surface area contributed by atoms with E-state index < -0.39 is 0 Å². The molecule has 1 N–H and O–H groups in total. The zero-order valence-corrected chi connectivity index (χ0v) is 22.0. The number of carbonyl (C=O) groups is 1. The summed E-state index contributed by atoms with van der Waals surface area (Å²) in [5.41, 5.74) is 1.10. The lowest BCUT2D eigenvalue weighted by molar-refractivity contribution is -0.135. The SMILES string of the molecule is CN=C(NCC(C)CN1CCN(C)CC1)N1CCN(Cc2ccc(Cl)cc2)C(=O)C1.I. The van der Waals surface area contributed by atoms with Crippen LogP contribution in [0.25, 0.3) is 0 Å². The number of benzene rings is 1. The van der Waals surface area contributed by atoms with Gasteiger partial charge in [0.1, 0.15) is 0 Å². The van der Waals surface area contributed by atoms with Gasteiger partial charge in [-0.3, -0.25) is 9.79 Å². The molecule has 9 heteroatoms. The molecule has 2 aliphatic rings. The molecule has 0 bridgehead atoms. The Morgan fingerprint density at radius 3 is 2.42 bits per heavy atom. The third-order valence-electron chi connectivity index (χ3n) is 5.89. The lowest BCUT2D eigenvalue weighted by atomic mass is 10.1. The van der Waals surface area contributed by atoms with Crippen molar-refractivity contribution in [1.29, 1.82) is 0 Å². The van der Waals surface area contributed by atoms with E-state index in [1.165, 1.54) is 0 Å². The van der Waals surface area contributed by atoms with E-state index in [0.717, 1.165) is 57.3 Å². The number of rotatable bonds is 6. The van der Waals surface area contributed by atoms with Gasteiger partial charge < -0.3 is 24.9 Å². The van der Waals surface area contributed by atoms with Crippen LogP contribution in [-0.4, -0.2) is 104 Å². The third-order valence-corrected chi connectivity index (χ3v) is 6.14. The van der Waals surface area contributed by atoms with Crippen molar-refractivity contribution in [3.05, 3.63) is 34.9 Å². The van der Waals surface area contributed by atoms with Crippen LogP contribution in [0.1, 0.15) is 12.5 Å². The molecule has 1 aromatic carbocycles. The van der Waals surface area contributed by atoms with Crippen LogP contribution in [0.5, 0.6) is 0 Å². The lowest BCUT2D eigenvalue weighted by Crippen LogP contribution is -2.55. The van der Waals surface area contributed by atoms with Crippen molar-refractivity contribution in [2.24, 2.45) is 10.9 Å². The summed E-state index contributed by atoms with van der Waals surface area (Å²) in [7, 11) is 3.97. The molecule has 0 radical (unpaired) electrons. The van der Waals surface area contributed by atoms with Gasteiger partial charge in [0.15, 0.2) is 5.96 Å². The zero-order chi connectivity index (χ0) is 21.5. The monoisotopic (exact) mass is 562 g/mol. The molecular formula is C22H36ClIN6O. The topological polar surface area (TPSA) is 54.4 Å². The molecule has 0 saturated carbocycles. The average Bonchev–Trinajstić information content (AvgIpc) is 2.73. The Hall–Kier alpha value is -1.10. The number of nitrogens with one attached hydrogen (secondary N) is 1. The second kappa shape index (κ2) is 12.8. The van der Waals surface area contributed by atoms with Crippen molar-refractivity contribution < 1.29 is 4.79 Å². The van der Waals surface area contributed by atoms with Crippen molar-refractivity contribution in [2.45, 2.75) is 13.5 Å². The molecule has 0 aromatic heterocycles. The Balaban J connectivity index is 0.00000341.